The van der Waals surface area contributed by atoms with Crippen LogP contribution in [-0.2, 0) is 13.8 Å². The third kappa shape index (κ3) is 4.24. The van der Waals surface area contributed by atoms with Crippen LogP contribution in [0.2, 0.25) is 10.0 Å². The number of benzene rings is 1. The lowest BCUT2D eigenvalue weighted by atomic mass is 10.1. The minimum atomic E-state index is -4.12. The van der Waals surface area contributed by atoms with Gasteiger partial charge in [0.1, 0.15) is 4.90 Å². The molecule has 0 aromatic heterocycles. The van der Waals surface area contributed by atoms with E-state index in [9.17, 15) is 18.3 Å². The van der Waals surface area contributed by atoms with Gasteiger partial charge in [0.05, 0.1) is 15.7 Å². The van der Waals surface area contributed by atoms with Crippen molar-refractivity contribution >= 4 is 89.3 Å². The molecule has 0 aliphatic heterocycles. The lowest BCUT2D eigenvalue weighted by molar-refractivity contribution is -0.131. The molecule has 0 heterocycles. The normalized spacial score (nSPS) is 15.3. The van der Waals surface area contributed by atoms with Crippen LogP contribution in [0.25, 0.3) is 0 Å². The predicted molar refractivity (Wildman–Crippen MR) is 89.0 cm³/mol. The fourth-order valence-electron chi connectivity index (χ4n) is 1.19. The smallest absolute Gasteiger partial charge is 0.262 e. The molecule has 1 atom stereocenters. The molecular formula is C10H7Cl6NO4S. The van der Waals surface area contributed by atoms with Crippen LogP contribution in [0, 0.1) is 0 Å². The second kappa shape index (κ2) is 6.69. The summed E-state index contributed by atoms with van der Waals surface area (Å²) in [5, 5.41) is 11.4. The van der Waals surface area contributed by atoms with Crippen molar-refractivity contribution in [3.8, 4) is 0 Å². The average molecular weight is 450 g/mol. The summed E-state index contributed by atoms with van der Waals surface area (Å²) in [5.41, 5.74) is -2.49. The molecule has 1 amide bonds. The SMILES string of the molecule is CC(O)(C(=O)Nc1ccc(S(=O)(=O)Cl)c(Cl)c1Cl)C(Cl)(Cl)Cl. The van der Waals surface area contributed by atoms with Gasteiger partial charge in [0.15, 0.2) is 5.60 Å². The van der Waals surface area contributed by atoms with Gasteiger partial charge in [-0.1, -0.05) is 58.0 Å². The maximum absolute atomic E-state index is 12.0. The van der Waals surface area contributed by atoms with E-state index in [0.717, 1.165) is 19.1 Å². The summed E-state index contributed by atoms with van der Waals surface area (Å²) in [7, 11) is 1.05. The molecule has 1 aromatic rings. The second-order valence-corrected chi connectivity index (χ2v) is 9.77. The Balaban J connectivity index is 3.22. The van der Waals surface area contributed by atoms with Crippen LogP contribution in [-0.4, -0.2) is 28.8 Å². The van der Waals surface area contributed by atoms with Crippen LogP contribution in [0.1, 0.15) is 6.92 Å². The Morgan fingerprint density at radius 2 is 1.68 bits per heavy atom. The van der Waals surface area contributed by atoms with E-state index in [1.54, 1.807) is 0 Å². The summed E-state index contributed by atoms with van der Waals surface area (Å²) in [5.74, 6) is -1.09. The van der Waals surface area contributed by atoms with Crippen molar-refractivity contribution < 1.29 is 18.3 Å². The summed E-state index contributed by atoms with van der Waals surface area (Å²) in [6.07, 6.45) is 0. The summed E-state index contributed by atoms with van der Waals surface area (Å²) in [6, 6.07) is 2.14. The first kappa shape index (κ1) is 20.4. The molecule has 0 saturated heterocycles. The Hall–Kier alpha value is 0.340. The van der Waals surface area contributed by atoms with E-state index in [0.29, 0.717) is 0 Å². The van der Waals surface area contributed by atoms with Crippen molar-refractivity contribution in [1.29, 1.82) is 0 Å². The monoisotopic (exact) mass is 447 g/mol. The fraction of sp³-hybridized carbons (Fsp3) is 0.300. The van der Waals surface area contributed by atoms with Crippen molar-refractivity contribution in [2.45, 2.75) is 21.2 Å². The number of rotatable bonds is 3. The highest BCUT2D eigenvalue weighted by atomic mass is 35.7. The Morgan fingerprint density at radius 3 is 2.09 bits per heavy atom. The van der Waals surface area contributed by atoms with E-state index < -0.39 is 34.3 Å². The molecule has 5 nitrogen and oxygen atoms in total. The Labute approximate surface area is 155 Å². The molecule has 0 fully saturated rings. The molecule has 0 radical (unpaired) electrons. The first-order valence-electron chi connectivity index (χ1n) is 5.23. The first-order chi connectivity index (χ1) is 9.69. The van der Waals surface area contributed by atoms with Gasteiger partial charge in [-0.05, 0) is 19.1 Å². The number of nitrogens with one attached hydrogen (secondary N) is 1. The third-order valence-corrected chi connectivity index (χ3v) is 6.01. The number of anilines is 1. The fourth-order valence-corrected chi connectivity index (χ4v) is 3.24. The van der Waals surface area contributed by atoms with Gasteiger partial charge in [0.2, 0.25) is 3.79 Å². The molecule has 22 heavy (non-hydrogen) atoms. The molecule has 0 aliphatic carbocycles. The van der Waals surface area contributed by atoms with Crippen LogP contribution < -0.4 is 5.32 Å². The van der Waals surface area contributed by atoms with Gasteiger partial charge in [-0.3, -0.25) is 4.79 Å². The number of alkyl halides is 3. The molecule has 2 N–H and O–H groups in total. The molecule has 1 aromatic carbocycles. The van der Waals surface area contributed by atoms with Crippen LogP contribution in [0.3, 0.4) is 0 Å². The van der Waals surface area contributed by atoms with E-state index in [1.807, 2.05) is 0 Å². The van der Waals surface area contributed by atoms with E-state index >= 15 is 0 Å². The van der Waals surface area contributed by atoms with Gasteiger partial charge in [0.25, 0.3) is 15.0 Å². The number of carbonyl (C=O) groups excluding carboxylic acids is 1. The lowest BCUT2D eigenvalue weighted by Gasteiger charge is -2.29. The average Bonchev–Trinajstić information content (AvgIpc) is 2.31. The molecule has 0 saturated carbocycles. The van der Waals surface area contributed by atoms with Crippen molar-refractivity contribution in [2.24, 2.45) is 0 Å². The molecule has 1 unspecified atom stereocenters. The van der Waals surface area contributed by atoms with Crippen molar-refractivity contribution in [3.63, 3.8) is 0 Å². The molecule has 0 bridgehead atoms. The van der Waals surface area contributed by atoms with Gasteiger partial charge in [-0.2, -0.15) is 0 Å². The molecule has 12 heteroatoms. The summed E-state index contributed by atoms with van der Waals surface area (Å²) in [4.78, 5) is 11.5. The zero-order chi connectivity index (χ0) is 17.5. The Bertz CT molecular complexity index is 713. The van der Waals surface area contributed by atoms with Gasteiger partial charge in [0, 0.05) is 10.7 Å². The molecule has 124 valence electrons. The van der Waals surface area contributed by atoms with E-state index in [2.05, 4.69) is 5.32 Å². The Kier molecular flexibility index (Phi) is 6.19. The van der Waals surface area contributed by atoms with Crippen LogP contribution >= 0.6 is 68.7 Å². The first-order valence-corrected chi connectivity index (χ1v) is 9.42. The standard InChI is InChI=1S/C10H7Cl6NO4S/c1-9(19,10(13,14)15)8(18)17-4-2-3-5(22(16,20)21)7(12)6(4)11/h2-3,19H,1H3,(H,17,18). The zero-order valence-corrected chi connectivity index (χ0v) is 15.9. The van der Waals surface area contributed by atoms with Crippen LogP contribution in [0.4, 0.5) is 5.69 Å². The highest BCUT2D eigenvalue weighted by Crippen LogP contribution is 2.40. The topological polar surface area (TPSA) is 83.5 Å². The molecule has 1 rings (SSSR count). The number of aliphatic hydroxyl groups is 1. The summed E-state index contributed by atoms with van der Waals surface area (Å²) >= 11 is 28.2. The number of hydrogen-bond donors (Lipinski definition) is 2. The largest absolute Gasteiger partial charge is 0.376 e. The number of amides is 1. The summed E-state index contributed by atoms with van der Waals surface area (Å²) in [6.45, 7) is 0.975. The Morgan fingerprint density at radius 1 is 1.18 bits per heavy atom. The minimum Gasteiger partial charge on any atom is -0.376 e. The van der Waals surface area contributed by atoms with Crippen molar-refractivity contribution in [3.05, 3.63) is 22.2 Å². The predicted octanol–water partition coefficient (Wildman–Crippen LogP) is 3.98. The quantitative estimate of drug-likeness (QED) is 0.540. The summed E-state index contributed by atoms with van der Waals surface area (Å²) < 4.78 is 20.2. The number of halogens is 6. The highest BCUT2D eigenvalue weighted by Gasteiger charge is 2.49. The lowest BCUT2D eigenvalue weighted by Crippen LogP contribution is -2.50. The van der Waals surface area contributed by atoms with Gasteiger partial charge >= 0.3 is 0 Å². The number of hydrogen-bond acceptors (Lipinski definition) is 4. The van der Waals surface area contributed by atoms with Gasteiger partial charge in [-0.15, -0.1) is 0 Å². The van der Waals surface area contributed by atoms with E-state index in [-0.39, 0.29) is 10.7 Å². The van der Waals surface area contributed by atoms with Crippen LogP contribution in [0.15, 0.2) is 17.0 Å². The highest BCUT2D eigenvalue weighted by molar-refractivity contribution is 8.13. The molecular weight excluding hydrogens is 443 g/mol. The molecule has 0 aliphatic rings. The third-order valence-electron chi connectivity index (χ3n) is 2.55. The van der Waals surface area contributed by atoms with Gasteiger partial charge < -0.3 is 10.4 Å². The minimum absolute atomic E-state index is 0.102. The van der Waals surface area contributed by atoms with Gasteiger partial charge in [-0.25, -0.2) is 8.42 Å². The zero-order valence-electron chi connectivity index (χ0n) is 10.5. The van der Waals surface area contributed by atoms with E-state index in [1.165, 1.54) is 0 Å². The maximum Gasteiger partial charge on any atom is 0.262 e. The number of carbonyl (C=O) groups is 1. The molecule has 0 spiro atoms. The van der Waals surface area contributed by atoms with E-state index in [4.69, 9.17) is 68.7 Å². The second-order valence-electron chi connectivity index (χ2n) is 4.20. The maximum atomic E-state index is 12.0. The van der Waals surface area contributed by atoms with Crippen molar-refractivity contribution in [1.82, 2.24) is 0 Å². The van der Waals surface area contributed by atoms with Crippen molar-refractivity contribution in [2.75, 3.05) is 5.32 Å². The van der Waals surface area contributed by atoms with Crippen LogP contribution in [0.5, 0.6) is 0 Å².